The zero-order chi connectivity index (χ0) is 22.1. The predicted octanol–water partition coefficient (Wildman–Crippen LogP) is 5.46. The summed E-state index contributed by atoms with van der Waals surface area (Å²) in [6.45, 7) is 4.04. The summed E-state index contributed by atoms with van der Waals surface area (Å²) in [4.78, 5) is 19.3. The highest BCUT2D eigenvalue weighted by atomic mass is 35.5. The minimum absolute atomic E-state index is 0.0889. The number of hydrogen-bond acceptors (Lipinski definition) is 5. The fraction of sp³-hybridized carbons (Fsp3) is 0.400. The molecule has 1 fully saturated rings. The molecular weight excluding hydrogens is 442 g/mol. The summed E-state index contributed by atoms with van der Waals surface area (Å²) in [6, 6.07) is 11.8. The molecule has 168 valence electrons. The molecule has 7 heteroatoms. The maximum atomic E-state index is 12.9. The number of aryl methyl sites for hydroxylation is 1. The molecule has 5 nitrogen and oxygen atoms in total. The molecule has 0 radical (unpaired) electrons. The molecule has 0 saturated carbocycles. The van der Waals surface area contributed by atoms with E-state index in [1.807, 2.05) is 12.1 Å². The molecule has 3 heterocycles. The predicted molar refractivity (Wildman–Crippen MR) is 130 cm³/mol. The molecule has 1 saturated heterocycles. The number of likely N-dealkylation sites (N-methyl/N-ethyl adjacent to an activating group) is 1. The summed E-state index contributed by atoms with van der Waals surface area (Å²) in [5.41, 5.74) is 3.91. The Bertz CT molecular complexity index is 1070. The molecule has 1 amide bonds. The normalized spacial score (nSPS) is 18.3. The minimum Gasteiger partial charge on any atom is -0.459 e. The average Bonchev–Trinajstić information content (AvgIpc) is 3.45. The summed E-state index contributed by atoms with van der Waals surface area (Å²) >= 11 is 7.97. The van der Waals surface area contributed by atoms with E-state index in [1.165, 1.54) is 40.7 Å². The molecule has 2 aliphatic rings. The first kappa shape index (κ1) is 21.7. The van der Waals surface area contributed by atoms with Gasteiger partial charge in [-0.3, -0.25) is 9.69 Å². The van der Waals surface area contributed by atoms with Gasteiger partial charge in [0.15, 0.2) is 5.76 Å². The molecule has 32 heavy (non-hydrogen) atoms. The Morgan fingerprint density at radius 2 is 1.84 bits per heavy atom. The summed E-state index contributed by atoms with van der Waals surface area (Å²) in [5.74, 6) is 0.146. The van der Waals surface area contributed by atoms with Gasteiger partial charge in [0.25, 0.3) is 5.91 Å². The maximum absolute atomic E-state index is 12.9. The van der Waals surface area contributed by atoms with Crippen LogP contribution in [0, 0.1) is 0 Å². The highest BCUT2D eigenvalue weighted by Crippen LogP contribution is 2.45. The number of fused-ring (bicyclic) bond motifs is 1. The van der Waals surface area contributed by atoms with E-state index in [1.54, 1.807) is 23.5 Å². The number of furan rings is 1. The Morgan fingerprint density at radius 3 is 2.56 bits per heavy atom. The van der Waals surface area contributed by atoms with Crippen molar-refractivity contribution >= 4 is 33.8 Å². The fourth-order valence-corrected chi connectivity index (χ4v) is 6.27. The Labute approximate surface area is 198 Å². The van der Waals surface area contributed by atoms with E-state index >= 15 is 0 Å². The van der Waals surface area contributed by atoms with Crippen molar-refractivity contribution in [3.8, 4) is 0 Å². The number of carbonyl (C=O) groups is 1. The van der Waals surface area contributed by atoms with Gasteiger partial charge in [0, 0.05) is 41.6 Å². The zero-order valence-electron chi connectivity index (χ0n) is 18.3. The Hall–Kier alpha value is -2.12. The lowest BCUT2D eigenvalue weighted by atomic mass is 9.88. The van der Waals surface area contributed by atoms with Gasteiger partial charge in [0.1, 0.15) is 5.00 Å². The standard InChI is InChI=1S/C25H28ClN3O2S/c1-28-12-14-29(15-13-28)23(17-8-10-18(26)11-9-17)22-19-5-2-3-7-21(19)32-25(22)27-24(30)20-6-4-16-31-20/h4,6,8-11,16,23H,2-3,5,7,12-15H2,1H3,(H,27,30)/t23-/m1/s1. The van der Waals surface area contributed by atoms with Gasteiger partial charge in [-0.2, -0.15) is 0 Å². The van der Waals surface area contributed by atoms with Gasteiger partial charge >= 0.3 is 0 Å². The van der Waals surface area contributed by atoms with Crippen LogP contribution in [0.3, 0.4) is 0 Å². The first-order valence-corrected chi connectivity index (χ1v) is 12.5. The molecule has 0 unspecified atom stereocenters. The number of amides is 1. The third kappa shape index (κ3) is 4.37. The SMILES string of the molecule is CN1CCN([C@H](c2ccc(Cl)cc2)c2c(NC(=O)c3ccco3)sc3c2CCCC3)CC1. The van der Waals surface area contributed by atoms with Gasteiger partial charge < -0.3 is 14.6 Å². The van der Waals surface area contributed by atoms with Crippen molar-refractivity contribution in [3.63, 3.8) is 0 Å². The van der Waals surface area contributed by atoms with Crippen LogP contribution in [0.1, 0.15) is 51.0 Å². The van der Waals surface area contributed by atoms with E-state index < -0.39 is 0 Å². The Kier molecular flexibility index (Phi) is 6.37. The molecule has 1 aromatic carbocycles. The lowest BCUT2D eigenvalue weighted by Crippen LogP contribution is -2.46. The zero-order valence-corrected chi connectivity index (χ0v) is 19.8. The summed E-state index contributed by atoms with van der Waals surface area (Å²) in [5, 5.41) is 4.90. The van der Waals surface area contributed by atoms with Gasteiger partial charge in [-0.1, -0.05) is 23.7 Å². The van der Waals surface area contributed by atoms with E-state index in [4.69, 9.17) is 16.0 Å². The van der Waals surface area contributed by atoms with Crippen molar-refractivity contribution in [1.82, 2.24) is 9.80 Å². The topological polar surface area (TPSA) is 48.7 Å². The van der Waals surface area contributed by atoms with Crippen molar-refractivity contribution in [3.05, 3.63) is 75.0 Å². The van der Waals surface area contributed by atoms with Crippen LogP contribution in [0.5, 0.6) is 0 Å². The second-order valence-corrected chi connectivity index (χ2v) is 10.2. The highest BCUT2D eigenvalue weighted by Gasteiger charge is 2.33. The van der Waals surface area contributed by atoms with Gasteiger partial charge in [-0.15, -0.1) is 11.3 Å². The molecule has 1 aliphatic carbocycles. The van der Waals surface area contributed by atoms with E-state index in [0.29, 0.717) is 5.76 Å². The second kappa shape index (κ2) is 9.40. The number of carbonyl (C=O) groups excluding carboxylic acids is 1. The first-order valence-electron chi connectivity index (χ1n) is 11.3. The van der Waals surface area contributed by atoms with Crippen LogP contribution in [0.25, 0.3) is 0 Å². The largest absolute Gasteiger partial charge is 0.459 e. The summed E-state index contributed by atoms with van der Waals surface area (Å²) < 4.78 is 5.36. The van der Waals surface area contributed by atoms with E-state index in [9.17, 15) is 4.79 Å². The van der Waals surface area contributed by atoms with Crippen LogP contribution in [-0.4, -0.2) is 48.9 Å². The molecule has 5 rings (SSSR count). The monoisotopic (exact) mass is 469 g/mol. The number of hydrogen-bond donors (Lipinski definition) is 1. The van der Waals surface area contributed by atoms with Crippen molar-refractivity contribution in [1.29, 1.82) is 0 Å². The van der Waals surface area contributed by atoms with Crippen molar-refractivity contribution in [2.24, 2.45) is 0 Å². The van der Waals surface area contributed by atoms with Crippen molar-refractivity contribution < 1.29 is 9.21 Å². The van der Waals surface area contributed by atoms with Crippen LogP contribution in [-0.2, 0) is 12.8 Å². The quantitative estimate of drug-likeness (QED) is 0.538. The van der Waals surface area contributed by atoms with Crippen LogP contribution < -0.4 is 5.32 Å². The van der Waals surface area contributed by atoms with Crippen molar-refractivity contribution in [2.75, 3.05) is 38.5 Å². The number of anilines is 1. The van der Waals surface area contributed by atoms with E-state index in [-0.39, 0.29) is 11.9 Å². The number of benzene rings is 1. The number of thiophene rings is 1. The third-order valence-corrected chi connectivity index (χ3v) is 8.02. The van der Waals surface area contributed by atoms with Gasteiger partial charge in [-0.25, -0.2) is 0 Å². The second-order valence-electron chi connectivity index (χ2n) is 8.68. The van der Waals surface area contributed by atoms with Crippen LogP contribution >= 0.6 is 22.9 Å². The summed E-state index contributed by atoms with van der Waals surface area (Å²) in [7, 11) is 2.18. The number of piperazine rings is 1. The lowest BCUT2D eigenvalue weighted by Gasteiger charge is -2.39. The smallest absolute Gasteiger partial charge is 0.291 e. The Morgan fingerprint density at radius 1 is 1.09 bits per heavy atom. The lowest BCUT2D eigenvalue weighted by molar-refractivity contribution is 0.0996. The van der Waals surface area contributed by atoms with Crippen LogP contribution in [0.4, 0.5) is 5.00 Å². The molecule has 1 N–H and O–H groups in total. The first-order chi connectivity index (χ1) is 15.6. The summed E-state index contributed by atoms with van der Waals surface area (Å²) in [6.07, 6.45) is 6.09. The minimum atomic E-state index is -0.192. The van der Waals surface area contributed by atoms with Crippen molar-refractivity contribution in [2.45, 2.75) is 31.7 Å². The van der Waals surface area contributed by atoms with Gasteiger partial charge in [0.05, 0.1) is 12.3 Å². The molecule has 0 bridgehead atoms. The molecular formula is C25H28ClN3O2S. The van der Waals surface area contributed by atoms with Gasteiger partial charge in [0.2, 0.25) is 0 Å². The fourth-order valence-electron chi connectivity index (χ4n) is 4.83. The average molecular weight is 470 g/mol. The Balaban J connectivity index is 1.59. The molecule has 1 aliphatic heterocycles. The molecule has 0 spiro atoms. The number of rotatable bonds is 5. The number of nitrogens with one attached hydrogen (secondary N) is 1. The molecule has 3 aromatic rings. The number of halogens is 1. The molecule has 2 aromatic heterocycles. The maximum Gasteiger partial charge on any atom is 0.291 e. The third-order valence-electron chi connectivity index (χ3n) is 6.55. The molecule has 1 atom stereocenters. The number of nitrogens with zero attached hydrogens (tertiary/aromatic N) is 2. The van der Waals surface area contributed by atoms with Crippen LogP contribution in [0.2, 0.25) is 5.02 Å². The van der Waals surface area contributed by atoms with Gasteiger partial charge in [-0.05, 0) is 68.1 Å². The highest BCUT2D eigenvalue weighted by molar-refractivity contribution is 7.16. The van der Waals surface area contributed by atoms with Crippen LogP contribution in [0.15, 0.2) is 47.1 Å². The van der Waals surface area contributed by atoms with E-state index in [2.05, 4.69) is 34.3 Å². The van der Waals surface area contributed by atoms with E-state index in [0.717, 1.165) is 49.0 Å².